The van der Waals surface area contributed by atoms with Crippen LogP contribution in [0.3, 0.4) is 0 Å². The molecule has 0 saturated heterocycles. The van der Waals surface area contributed by atoms with Gasteiger partial charge in [-0.1, -0.05) is 13.0 Å². The van der Waals surface area contributed by atoms with Gasteiger partial charge in [0.25, 0.3) is 0 Å². The minimum absolute atomic E-state index is 0.448. The van der Waals surface area contributed by atoms with E-state index in [9.17, 15) is 0 Å². The third-order valence-electron chi connectivity index (χ3n) is 3.80. The average Bonchev–Trinajstić information content (AvgIpc) is 2.43. The molecule has 1 aliphatic heterocycles. The number of fused-ring (bicyclic) bond motifs is 1. The number of hydrogen-bond acceptors (Lipinski definition) is 3. The Labute approximate surface area is 116 Å². The summed E-state index contributed by atoms with van der Waals surface area (Å²) in [6.45, 7) is 8.64. The van der Waals surface area contributed by atoms with Crippen LogP contribution in [0.2, 0.25) is 0 Å². The minimum atomic E-state index is 0.448. The topological polar surface area (TPSA) is 21.7 Å². The summed E-state index contributed by atoms with van der Waals surface area (Å²) in [6, 6.07) is 7.04. The summed E-state index contributed by atoms with van der Waals surface area (Å²) < 4.78 is 11.4. The van der Waals surface area contributed by atoms with Crippen LogP contribution in [0, 0.1) is 0 Å². The van der Waals surface area contributed by atoms with Gasteiger partial charge in [-0.3, -0.25) is 4.90 Å². The van der Waals surface area contributed by atoms with E-state index in [1.54, 1.807) is 7.11 Å². The smallest absolute Gasteiger partial charge is 0.126 e. The van der Waals surface area contributed by atoms with Crippen molar-refractivity contribution in [1.82, 2.24) is 4.90 Å². The molecule has 106 valence electrons. The standard InChI is InChI=1S/C16H25NO2/c1-5-9-17(12(2)3)13-10-14-15(18-4)7-6-8-16(14)19-11-13/h6-8,12-13H,5,9-11H2,1-4H3/t13-/m1/s1. The Morgan fingerprint density at radius 3 is 2.84 bits per heavy atom. The maximum Gasteiger partial charge on any atom is 0.126 e. The third-order valence-corrected chi connectivity index (χ3v) is 3.80. The third kappa shape index (κ3) is 3.03. The van der Waals surface area contributed by atoms with Gasteiger partial charge in [-0.2, -0.15) is 0 Å². The summed E-state index contributed by atoms with van der Waals surface area (Å²) >= 11 is 0. The van der Waals surface area contributed by atoms with Gasteiger partial charge in [-0.05, 0) is 45.4 Å². The molecule has 0 fully saturated rings. The number of benzene rings is 1. The Bertz CT molecular complexity index is 403. The zero-order valence-electron chi connectivity index (χ0n) is 12.5. The van der Waals surface area contributed by atoms with E-state index in [-0.39, 0.29) is 0 Å². The summed E-state index contributed by atoms with van der Waals surface area (Å²) in [5, 5.41) is 0. The molecule has 19 heavy (non-hydrogen) atoms. The number of nitrogens with zero attached hydrogens (tertiary/aromatic N) is 1. The molecule has 0 amide bonds. The van der Waals surface area contributed by atoms with Crippen LogP contribution in [0.4, 0.5) is 0 Å². The molecule has 2 rings (SSSR count). The Balaban J connectivity index is 2.20. The number of ether oxygens (including phenoxy) is 2. The lowest BCUT2D eigenvalue weighted by molar-refractivity contribution is 0.0915. The summed E-state index contributed by atoms with van der Waals surface area (Å²) in [7, 11) is 1.73. The molecule has 0 aromatic heterocycles. The summed E-state index contributed by atoms with van der Waals surface area (Å²) in [5.41, 5.74) is 1.21. The van der Waals surface area contributed by atoms with Crippen molar-refractivity contribution in [2.75, 3.05) is 20.3 Å². The van der Waals surface area contributed by atoms with E-state index in [0.717, 1.165) is 31.1 Å². The summed E-state index contributed by atoms with van der Waals surface area (Å²) in [4.78, 5) is 2.54. The lowest BCUT2D eigenvalue weighted by atomic mass is 9.99. The van der Waals surface area contributed by atoms with E-state index < -0.39 is 0 Å². The summed E-state index contributed by atoms with van der Waals surface area (Å²) in [5.74, 6) is 1.93. The first-order valence-corrected chi connectivity index (χ1v) is 7.21. The molecule has 0 spiro atoms. The van der Waals surface area contributed by atoms with Crippen molar-refractivity contribution >= 4 is 0 Å². The van der Waals surface area contributed by atoms with Crippen molar-refractivity contribution in [3.63, 3.8) is 0 Å². The SMILES string of the molecule is CCCN(C(C)C)[C@H]1COc2cccc(OC)c2C1. The van der Waals surface area contributed by atoms with E-state index in [1.807, 2.05) is 18.2 Å². The van der Waals surface area contributed by atoms with Crippen molar-refractivity contribution in [2.45, 2.75) is 45.7 Å². The van der Waals surface area contributed by atoms with Gasteiger partial charge >= 0.3 is 0 Å². The first-order chi connectivity index (χ1) is 9.17. The fraction of sp³-hybridized carbons (Fsp3) is 0.625. The number of hydrogen-bond donors (Lipinski definition) is 0. The van der Waals surface area contributed by atoms with Gasteiger partial charge in [-0.15, -0.1) is 0 Å². The van der Waals surface area contributed by atoms with Gasteiger partial charge in [0.15, 0.2) is 0 Å². The lowest BCUT2D eigenvalue weighted by Crippen LogP contribution is -2.47. The van der Waals surface area contributed by atoms with E-state index in [2.05, 4.69) is 25.7 Å². The monoisotopic (exact) mass is 263 g/mol. The van der Waals surface area contributed by atoms with E-state index >= 15 is 0 Å². The van der Waals surface area contributed by atoms with Crippen LogP contribution in [-0.2, 0) is 6.42 Å². The highest BCUT2D eigenvalue weighted by Crippen LogP contribution is 2.34. The van der Waals surface area contributed by atoms with Crippen LogP contribution in [0.5, 0.6) is 11.5 Å². The second kappa shape index (κ2) is 6.29. The first kappa shape index (κ1) is 14.2. The molecular weight excluding hydrogens is 238 g/mol. The van der Waals surface area contributed by atoms with Crippen molar-refractivity contribution < 1.29 is 9.47 Å². The van der Waals surface area contributed by atoms with Crippen LogP contribution < -0.4 is 9.47 Å². The molecule has 3 nitrogen and oxygen atoms in total. The lowest BCUT2D eigenvalue weighted by Gasteiger charge is -2.37. The molecule has 1 aromatic carbocycles. The quantitative estimate of drug-likeness (QED) is 0.814. The largest absolute Gasteiger partial charge is 0.496 e. The van der Waals surface area contributed by atoms with Gasteiger partial charge in [0.1, 0.15) is 18.1 Å². The van der Waals surface area contributed by atoms with Crippen LogP contribution >= 0.6 is 0 Å². The molecule has 1 aromatic rings. The first-order valence-electron chi connectivity index (χ1n) is 7.21. The molecule has 0 unspecified atom stereocenters. The van der Waals surface area contributed by atoms with Gasteiger partial charge in [0, 0.05) is 17.6 Å². The fourth-order valence-electron chi connectivity index (χ4n) is 2.89. The molecule has 3 heteroatoms. The predicted octanol–water partition coefficient (Wildman–Crippen LogP) is 3.12. The van der Waals surface area contributed by atoms with Crippen LogP contribution in [-0.4, -0.2) is 37.2 Å². The maximum absolute atomic E-state index is 5.93. The Hall–Kier alpha value is -1.22. The van der Waals surface area contributed by atoms with Crippen molar-refractivity contribution in [3.8, 4) is 11.5 Å². The van der Waals surface area contributed by atoms with Gasteiger partial charge in [0.2, 0.25) is 0 Å². The van der Waals surface area contributed by atoms with Crippen LogP contribution in [0.15, 0.2) is 18.2 Å². The highest BCUT2D eigenvalue weighted by Gasteiger charge is 2.28. The van der Waals surface area contributed by atoms with Crippen molar-refractivity contribution in [3.05, 3.63) is 23.8 Å². The van der Waals surface area contributed by atoms with Crippen LogP contribution in [0.25, 0.3) is 0 Å². The normalized spacial score (nSPS) is 18.3. The average molecular weight is 263 g/mol. The van der Waals surface area contributed by atoms with Gasteiger partial charge in [0.05, 0.1) is 7.11 Å². The van der Waals surface area contributed by atoms with Gasteiger partial charge in [-0.25, -0.2) is 0 Å². The van der Waals surface area contributed by atoms with Gasteiger partial charge < -0.3 is 9.47 Å². The number of methoxy groups -OCH3 is 1. The zero-order chi connectivity index (χ0) is 13.8. The second-order valence-electron chi connectivity index (χ2n) is 5.44. The Kier molecular flexibility index (Phi) is 4.70. The van der Waals surface area contributed by atoms with E-state index in [1.165, 1.54) is 12.0 Å². The molecule has 0 N–H and O–H groups in total. The van der Waals surface area contributed by atoms with E-state index in [0.29, 0.717) is 12.1 Å². The fourth-order valence-corrected chi connectivity index (χ4v) is 2.89. The molecule has 0 saturated carbocycles. The Morgan fingerprint density at radius 1 is 1.42 bits per heavy atom. The van der Waals surface area contributed by atoms with Crippen molar-refractivity contribution in [1.29, 1.82) is 0 Å². The van der Waals surface area contributed by atoms with Crippen LogP contribution in [0.1, 0.15) is 32.8 Å². The molecule has 0 bridgehead atoms. The molecule has 1 heterocycles. The molecule has 1 aliphatic rings. The van der Waals surface area contributed by atoms with E-state index in [4.69, 9.17) is 9.47 Å². The summed E-state index contributed by atoms with van der Waals surface area (Å²) in [6.07, 6.45) is 2.19. The molecule has 0 radical (unpaired) electrons. The second-order valence-corrected chi connectivity index (χ2v) is 5.44. The predicted molar refractivity (Wildman–Crippen MR) is 78.1 cm³/mol. The zero-order valence-corrected chi connectivity index (χ0v) is 12.5. The highest BCUT2D eigenvalue weighted by atomic mass is 16.5. The molecule has 0 aliphatic carbocycles. The Morgan fingerprint density at radius 2 is 2.21 bits per heavy atom. The minimum Gasteiger partial charge on any atom is -0.496 e. The number of rotatable bonds is 5. The van der Waals surface area contributed by atoms with Crippen molar-refractivity contribution in [2.24, 2.45) is 0 Å². The highest BCUT2D eigenvalue weighted by molar-refractivity contribution is 5.46. The molecule has 1 atom stereocenters. The maximum atomic E-state index is 5.93. The molecular formula is C16H25NO2.